The Hall–Kier alpha value is -2.60. The number of sulfone groups is 1. The second-order valence-corrected chi connectivity index (χ2v) is 7.25. The summed E-state index contributed by atoms with van der Waals surface area (Å²) in [5.74, 6) is -6.60. The van der Waals surface area contributed by atoms with Gasteiger partial charge in [0.2, 0.25) is 9.84 Å². The first kappa shape index (κ1) is 20.7. The van der Waals surface area contributed by atoms with Crippen molar-refractivity contribution >= 4 is 27.4 Å². The predicted molar refractivity (Wildman–Crippen MR) is 85.9 cm³/mol. The van der Waals surface area contributed by atoms with Gasteiger partial charge in [0.25, 0.3) is 5.91 Å². The number of nitrogens with one attached hydrogen (secondary N) is 1. The highest BCUT2D eigenvalue weighted by atomic mass is 32.2. The molecule has 0 aromatic heterocycles. The van der Waals surface area contributed by atoms with Gasteiger partial charge in [0.05, 0.1) is 36.4 Å². The van der Waals surface area contributed by atoms with Crippen LogP contribution in [0.2, 0.25) is 0 Å². The number of rotatable bonds is 7. The van der Waals surface area contributed by atoms with Crippen molar-refractivity contribution in [1.29, 1.82) is 0 Å². The number of halogens is 3. The fourth-order valence-corrected chi connectivity index (χ4v) is 3.31. The van der Waals surface area contributed by atoms with E-state index in [9.17, 15) is 31.2 Å². The molecule has 1 amide bonds. The van der Waals surface area contributed by atoms with Crippen LogP contribution >= 0.6 is 0 Å². The molecule has 0 unspecified atom stereocenters. The molecule has 0 saturated carbocycles. The minimum atomic E-state index is -5.20. The first-order chi connectivity index (χ1) is 12.6. The molecule has 0 aliphatic carbocycles. The smallest absolute Gasteiger partial charge is 0.341 e. The van der Waals surface area contributed by atoms with E-state index in [0.29, 0.717) is 6.07 Å². The third kappa shape index (κ3) is 4.06. The highest BCUT2D eigenvalue weighted by Crippen LogP contribution is 2.30. The predicted octanol–water partition coefficient (Wildman–Crippen LogP) is 0.496. The number of hydrogen-bond donors (Lipinski definition) is 2. The van der Waals surface area contributed by atoms with Crippen LogP contribution in [0.25, 0.3) is 0 Å². The molecule has 0 radical (unpaired) electrons. The van der Waals surface area contributed by atoms with Crippen LogP contribution in [0.3, 0.4) is 0 Å². The largest absolute Gasteiger partial charge is 0.466 e. The van der Waals surface area contributed by atoms with Gasteiger partial charge in [-0.15, -0.1) is 0 Å². The van der Waals surface area contributed by atoms with Gasteiger partial charge >= 0.3 is 11.7 Å². The molecule has 1 aliphatic rings. The molecule has 0 atom stereocenters. The van der Waals surface area contributed by atoms with E-state index in [1.807, 2.05) is 0 Å². The van der Waals surface area contributed by atoms with E-state index in [0.717, 1.165) is 24.1 Å². The van der Waals surface area contributed by atoms with Gasteiger partial charge in [-0.3, -0.25) is 4.79 Å². The topological polar surface area (TPSA) is 113 Å². The standard InChI is InChI=1S/C15H15F3N2O6S/c1-26-14(23)9-7-20(4-5-21)13(22)12(9)19-10-3-2-8(16)6-11(10)27(24,25)15(17)18/h2-3,6,15,19,21H,4-5,7H2,1H3. The van der Waals surface area contributed by atoms with Gasteiger partial charge in [0, 0.05) is 6.54 Å². The Morgan fingerprint density at radius 3 is 2.63 bits per heavy atom. The number of hydrogen-bond acceptors (Lipinski definition) is 7. The van der Waals surface area contributed by atoms with Crippen molar-refractivity contribution in [2.45, 2.75) is 10.7 Å². The maximum absolute atomic E-state index is 13.4. The number of carbonyl (C=O) groups excluding carboxylic acids is 2. The van der Waals surface area contributed by atoms with Crippen LogP contribution in [0.5, 0.6) is 0 Å². The van der Waals surface area contributed by atoms with Crippen molar-refractivity contribution in [3.05, 3.63) is 35.3 Å². The lowest BCUT2D eigenvalue weighted by Gasteiger charge is -2.16. The van der Waals surface area contributed by atoms with E-state index in [4.69, 9.17) is 5.11 Å². The summed E-state index contributed by atoms with van der Waals surface area (Å²) in [7, 11) is -4.14. The van der Waals surface area contributed by atoms with Crippen molar-refractivity contribution in [1.82, 2.24) is 4.90 Å². The molecule has 148 valence electrons. The van der Waals surface area contributed by atoms with Crippen molar-refractivity contribution in [2.24, 2.45) is 0 Å². The number of esters is 1. The fraction of sp³-hybridized carbons (Fsp3) is 0.333. The first-order valence-corrected chi connectivity index (χ1v) is 8.98. The van der Waals surface area contributed by atoms with Crippen LogP contribution in [0.15, 0.2) is 34.4 Å². The second kappa shape index (κ2) is 7.96. The summed E-state index contributed by atoms with van der Waals surface area (Å²) in [5.41, 5.74) is -1.11. The molecule has 1 heterocycles. The molecule has 2 rings (SSSR count). The Bertz CT molecular complexity index is 901. The average molecular weight is 408 g/mol. The van der Waals surface area contributed by atoms with Gasteiger partial charge < -0.3 is 20.1 Å². The molecule has 27 heavy (non-hydrogen) atoms. The third-order valence-electron chi connectivity index (χ3n) is 3.70. The Morgan fingerprint density at radius 2 is 2.07 bits per heavy atom. The maximum Gasteiger partial charge on any atom is 0.341 e. The van der Waals surface area contributed by atoms with E-state index in [1.54, 1.807) is 0 Å². The minimum absolute atomic E-state index is 0.129. The second-order valence-electron chi connectivity index (χ2n) is 5.37. The number of β-amino-alcohol motifs (C(OH)–C–C–N with tert-alkyl or cyclic N) is 1. The number of aliphatic hydroxyl groups is 1. The van der Waals surface area contributed by atoms with Gasteiger partial charge in [-0.05, 0) is 18.2 Å². The lowest BCUT2D eigenvalue weighted by molar-refractivity contribution is -0.136. The molecule has 0 spiro atoms. The lowest BCUT2D eigenvalue weighted by atomic mass is 10.2. The zero-order chi connectivity index (χ0) is 20.4. The highest BCUT2D eigenvalue weighted by molar-refractivity contribution is 7.91. The third-order valence-corrected chi connectivity index (χ3v) is 5.12. The van der Waals surface area contributed by atoms with Gasteiger partial charge in [-0.1, -0.05) is 0 Å². The van der Waals surface area contributed by atoms with E-state index in [-0.39, 0.29) is 18.7 Å². The number of benzene rings is 1. The summed E-state index contributed by atoms with van der Waals surface area (Å²) in [6.45, 7) is -0.780. The Labute approximate surface area is 152 Å². The van der Waals surface area contributed by atoms with Crippen molar-refractivity contribution < 1.29 is 41.0 Å². The zero-order valence-electron chi connectivity index (χ0n) is 13.9. The zero-order valence-corrected chi connectivity index (χ0v) is 14.7. The molecular weight excluding hydrogens is 393 g/mol. The summed E-state index contributed by atoms with van der Waals surface area (Å²) < 4.78 is 67.4. The number of anilines is 1. The average Bonchev–Trinajstić information content (AvgIpc) is 2.92. The van der Waals surface area contributed by atoms with E-state index in [1.165, 1.54) is 0 Å². The van der Waals surface area contributed by atoms with Crippen LogP contribution in [0.4, 0.5) is 18.9 Å². The number of carbonyl (C=O) groups is 2. The van der Waals surface area contributed by atoms with E-state index >= 15 is 0 Å². The lowest BCUT2D eigenvalue weighted by Crippen LogP contribution is -2.31. The molecule has 0 bridgehead atoms. The number of alkyl halides is 2. The molecule has 12 heteroatoms. The molecule has 1 aromatic carbocycles. The summed E-state index contributed by atoms with van der Waals surface area (Å²) >= 11 is 0. The number of ether oxygens (including phenoxy) is 1. The van der Waals surface area contributed by atoms with Crippen molar-refractivity contribution in [3.63, 3.8) is 0 Å². The van der Waals surface area contributed by atoms with Crippen LogP contribution in [0, 0.1) is 5.82 Å². The fourth-order valence-electron chi connectivity index (χ4n) is 2.41. The van der Waals surface area contributed by atoms with Crippen molar-refractivity contribution in [3.8, 4) is 0 Å². The van der Waals surface area contributed by atoms with E-state index < -0.39 is 56.2 Å². The quantitative estimate of drug-likeness (QED) is 0.632. The van der Waals surface area contributed by atoms with Gasteiger partial charge in [-0.25, -0.2) is 17.6 Å². The number of nitrogens with zero attached hydrogens (tertiary/aromatic N) is 1. The van der Waals surface area contributed by atoms with Crippen LogP contribution in [-0.4, -0.2) is 62.9 Å². The summed E-state index contributed by atoms with van der Waals surface area (Å²) in [6.07, 6.45) is 0. The monoisotopic (exact) mass is 408 g/mol. The summed E-state index contributed by atoms with van der Waals surface area (Å²) in [6, 6.07) is 2.04. The van der Waals surface area contributed by atoms with Gasteiger partial charge in [0.1, 0.15) is 11.5 Å². The normalized spacial score (nSPS) is 14.9. The van der Waals surface area contributed by atoms with Crippen molar-refractivity contribution in [2.75, 3.05) is 32.1 Å². The molecule has 1 aliphatic heterocycles. The molecule has 8 nitrogen and oxygen atoms in total. The first-order valence-electron chi connectivity index (χ1n) is 7.43. The van der Waals surface area contributed by atoms with E-state index in [2.05, 4.69) is 10.1 Å². The summed E-state index contributed by atoms with van der Waals surface area (Å²) in [5, 5.41) is 11.3. The Kier molecular flexibility index (Phi) is 6.11. The number of amides is 1. The highest BCUT2D eigenvalue weighted by Gasteiger charge is 2.36. The number of methoxy groups -OCH3 is 1. The number of aliphatic hydroxyl groups excluding tert-OH is 1. The molecular formula is C15H15F3N2O6S. The minimum Gasteiger partial charge on any atom is -0.466 e. The molecule has 0 saturated heterocycles. The molecule has 2 N–H and O–H groups in total. The molecule has 0 fully saturated rings. The Balaban J connectivity index is 2.54. The van der Waals surface area contributed by atoms with Crippen LogP contribution in [-0.2, 0) is 24.2 Å². The Morgan fingerprint density at radius 1 is 1.41 bits per heavy atom. The van der Waals surface area contributed by atoms with Gasteiger partial charge in [-0.2, -0.15) is 8.78 Å². The van der Waals surface area contributed by atoms with Gasteiger partial charge in [0.15, 0.2) is 0 Å². The maximum atomic E-state index is 13.4. The molecule has 1 aromatic rings. The SMILES string of the molecule is COC(=O)C1=C(Nc2ccc(F)cc2S(=O)(=O)C(F)F)C(=O)N(CCO)C1. The van der Waals surface area contributed by atoms with Crippen LogP contribution in [0.1, 0.15) is 0 Å². The summed E-state index contributed by atoms with van der Waals surface area (Å²) in [4.78, 5) is 24.3. The van der Waals surface area contributed by atoms with Crippen LogP contribution < -0.4 is 5.32 Å².